The maximum absolute atomic E-state index is 12.9. The second-order valence-corrected chi connectivity index (χ2v) is 6.92. The molecule has 25 heavy (non-hydrogen) atoms. The molecule has 1 atom stereocenters. The number of Topliss-reactive ketones (excluding diaryl/α,β-unsaturated/α-hetero) is 1. The summed E-state index contributed by atoms with van der Waals surface area (Å²) in [6, 6.07) is 5.07. The van der Waals surface area contributed by atoms with Crippen molar-refractivity contribution in [3.8, 4) is 0 Å². The van der Waals surface area contributed by atoms with Gasteiger partial charge in [-0.15, -0.1) is 0 Å². The number of carbonyl (C=O) groups excluding carboxylic acids is 3. The van der Waals surface area contributed by atoms with Gasteiger partial charge >= 0.3 is 12.1 Å². The van der Waals surface area contributed by atoms with Gasteiger partial charge in [-0.1, -0.05) is 6.07 Å². The largest absolute Gasteiger partial charge is 0.465 e. The molecule has 0 spiro atoms. The summed E-state index contributed by atoms with van der Waals surface area (Å²) in [5, 5.41) is 0. The molecule has 2 heterocycles. The molecule has 1 aliphatic heterocycles. The maximum Gasteiger partial charge on any atom is 0.410 e. The van der Waals surface area contributed by atoms with Crippen LogP contribution in [0.15, 0.2) is 24.4 Å². The summed E-state index contributed by atoms with van der Waals surface area (Å²) in [4.78, 5) is 43.3. The second kappa shape index (κ2) is 7.21. The Labute approximate surface area is 147 Å². The number of amides is 1. The number of pyridine rings is 1. The zero-order chi connectivity index (χ0) is 18.7. The Balaban J connectivity index is 2.28. The van der Waals surface area contributed by atoms with Crippen molar-refractivity contribution in [2.45, 2.75) is 45.1 Å². The molecule has 7 nitrogen and oxygen atoms in total. The number of rotatable bonds is 3. The minimum Gasteiger partial charge on any atom is -0.465 e. The molecule has 1 saturated heterocycles. The normalized spacial score (nSPS) is 21.0. The molecule has 1 unspecified atom stereocenters. The van der Waals surface area contributed by atoms with Crippen molar-refractivity contribution in [2.75, 3.05) is 19.7 Å². The summed E-state index contributed by atoms with van der Waals surface area (Å²) in [6.45, 7) is 7.11. The molecule has 1 amide bonds. The fraction of sp³-hybridized carbons (Fsp3) is 0.556. The Morgan fingerprint density at radius 2 is 2.04 bits per heavy atom. The Hall–Kier alpha value is -2.44. The van der Waals surface area contributed by atoms with Gasteiger partial charge in [0.1, 0.15) is 5.60 Å². The van der Waals surface area contributed by atoms with Gasteiger partial charge in [0.05, 0.1) is 18.8 Å². The fourth-order valence-electron chi connectivity index (χ4n) is 2.77. The summed E-state index contributed by atoms with van der Waals surface area (Å²) < 4.78 is 10.5. The molecule has 1 fully saturated rings. The second-order valence-electron chi connectivity index (χ2n) is 6.92. The van der Waals surface area contributed by atoms with E-state index in [-0.39, 0.29) is 26.1 Å². The van der Waals surface area contributed by atoms with Gasteiger partial charge in [0, 0.05) is 12.7 Å². The first-order valence-corrected chi connectivity index (χ1v) is 8.30. The number of carbonyl (C=O) groups is 3. The van der Waals surface area contributed by atoms with Crippen molar-refractivity contribution in [1.82, 2.24) is 9.88 Å². The summed E-state index contributed by atoms with van der Waals surface area (Å²) in [7, 11) is 0. The number of hydrogen-bond donors (Lipinski definition) is 0. The van der Waals surface area contributed by atoms with Crippen LogP contribution < -0.4 is 0 Å². The quantitative estimate of drug-likeness (QED) is 0.614. The number of nitrogens with zero attached hydrogens (tertiary/aromatic N) is 2. The first-order valence-electron chi connectivity index (χ1n) is 8.30. The minimum atomic E-state index is -1.48. The van der Waals surface area contributed by atoms with Crippen molar-refractivity contribution >= 4 is 17.8 Å². The summed E-state index contributed by atoms with van der Waals surface area (Å²) in [6.07, 6.45) is 1.07. The lowest BCUT2D eigenvalue weighted by molar-refractivity contribution is -0.157. The molecule has 0 radical (unpaired) electrons. The highest BCUT2D eigenvalue weighted by Crippen LogP contribution is 2.34. The van der Waals surface area contributed by atoms with Crippen molar-refractivity contribution in [1.29, 1.82) is 0 Å². The van der Waals surface area contributed by atoms with Crippen molar-refractivity contribution in [3.05, 3.63) is 30.1 Å². The maximum atomic E-state index is 12.9. The highest BCUT2D eigenvalue weighted by Gasteiger charge is 2.53. The molecular formula is C18H24N2O5. The molecule has 0 N–H and O–H groups in total. The van der Waals surface area contributed by atoms with Crippen LogP contribution in [0.1, 0.15) is 39.8 Å². The van der Waals surface area contributed by atoms with Crippen molar-refractivity contribution in [3.63, 3.8) is 0 Å². The third kappa shape index (κ3) is 3.97. The van der Waals surface area contributed by atoms with E-state index in [1.807, 2.05) is 0 Å². The molecule has 7 heteroatoms. The van der Waals surface area contributed by atoms with Gasteiger partial charge in [-0.25, -0.2) is 4.79 Å². The SMILES string of the molecule is CCOC(=O)C1(c2ccccn2)CCN(C(=O)OC(C)(C)C)CC1=O. The van der Waals surface area contributed by atoms with Gasteiger partial charge in [0.2, 0.25) is 0 Å². The topological polar surface area (TPSA) is 85.8 Å². The predicted molar refractivity (Wildman–Crippen MR) is 90.0 cm³/mol. The molecule has 136 valence electrons. The molecule has 0 aliphatic carbocycles. The van der Waals surface area contributed by atoms with Gasteiger partial charge in [0.25, 0.3) is 0 Å². The molecule has 0 bridgehead atoms. The van der Waals surface area contributed by atoms with Gasteiger partial charge in [-0.2, -0.15) is 0 Å². The fourth-order valence-corrected chi connectivity index (χ4v) is 2.77. The van der Waals surface area contributed by atoms with Gasteiger partial charge in [-0.3, -0.25) is 14.6 Å². The molecule has 1 aliphatic rings. The van der Waals surface area contributed by atoms with E-state index in [9.17, 15) is 14.4 Å². The average Bonchev–Trinajstić information content (AvgIpc) is 2.54. The molecule has 0 aromatic carbocycles. The third-order valence-corrected chi connectivity index (χ3v) is 3.94. The van der Waals surface area contributed by atoms with Crippen LogP contribution in [-0.2, 0) is 24.5 Å². The first-order chi connectivity index (χ1) is 11.7. The number of ether oxygens (including phenoxy) is 2. The Bertz CT molecular complexity index is 653. The third-order valence-electron chi connectivity index (χ3n) is 3.94. The molecule has 2 rings (SSSR count). The number of ketones is 1. The van der Waals surface area contributed by atoms with Crippen LogP contribution in [0.4, 0.5) is 4.79 Å². The lowest BCUT2D eigenvalue weighted by Crippen LogP contribution is -2.57. The van der Waals surface area contributed by atoms with E-state index >= 15 is 0 Å². The Morgan fingerprint density at radius 1 is 1.32 bits per heavy atom. The van der Waals surface area contributed by atoms with Crippen LogP contribution >= 0.6 is 0 Å². The van der Waals surface area contributed by atoms with Gasteiger partial charge in [-0.05, 0) is 46.2 Å². The van der Waals surface area contributed by atoms with Crippen molar-refractivity contribution < 1.29 is 23.9 Å². The van der Waals surface area contributed by atoms with Crippen LogP contribution in [0.5, 0.6) is 0 Å². The number of esters is 1. The first kappa shape index (κ1) is 18.9. The molecule has 1 aromatic heterocycles. The van der Waals surface area contributed by atoms with Crippen LogP contribution in [0.25, 0.3) is 0 Å². The summed E-state index contributed by atoms with van der Waals surface area (Å²) >= 11 is 0. The monoisotopic (exact) mass is 348 g/mol. The zero-order valence-electron chi connectivity index (χ0n) is 15.1. The standard InChI is InChI=1S/C18H24N2O5/c1-5-24-15(22)18(13-8-6-7-10-19-13)9-11-20(12-14(18)21)16(23)25-17(2,3)4/h6-8,10H,5,9,11-12H2,1-4H3. The highest BCUT2D eigenvalue weighted by molar-refractivity contribution is 6.11. The van der Waals surface area contributed by atoms with Crippen LogP contribution in [-0.4, -0.2) is 53.0 Å². The Kier molecular flexibility index (Phi) is 5.45. The number of piperidine rings is 1. The minimum absolute atomic E-state index is 0.112. The van der Waals surface area contributed by atoms with Crippen LogP contribution in [0.3, 0.4) is 0 Å². The molecular weight excluding hydrogens is 324 g/mol. The highest BCUT2D eigenvalue weighted by atomic mass is 16.6. The Morgan fingerprint density at radius 3 is 2.56 bits per heavy atom. The number of likely N-dealkylation sites (tertiary alicyclic amines) is 1. The van der Waals surface area contributed by atoms with E-state index in [0.29, 0.717) is 5.69 Å². The van der Waals surface area contributed by atoms with Gasteiger partial charge in [0.15, 0.2) is 11.2 Å². The smallest absolute Gasteiger partial charge is 0.410 e. The zero-order valence-corrected chi connectivity index (χ0v) is 15.1. The average molecular weight is 348 g/mol. The van der Waals surface area contributed by atoms with E-state index in [1.165, 1.54) is 11.1 Å². The van der Waals surface area contributed by atoms with E-state index in [4.69, 9.17) is 9.47 Å². The van der Waals surface area contributed by atoms with Gasteiger partial charge < -0.3 is 14.4 Å². The summed E-state index contributed by atoms with van der Waals surface area (Å²) in [5.41, 5.74) is -1.78. The van der Waals surface area contributed by atoms with E-state index in [1.54, 1.807) is 45.9 Å². The molecule has 1 aromatic rings. The van der Waals surface area contributed by atoms with Crippen molar-refractivity contribution in [2.24, 2.45) is 0 Å². The predicted octanol–water partition coefficient (Wildman–Crippen LogP) is 2.09. The molecule has 0 saturated carbocycles. The number of hydrogen-bond acceptors (Lipinski definition) is 6. The van der Waals surface area contributed by atoms with E-state index in [2.05, 4.69) is 4.98 Å². The van der Waals surface area contributed by atoms with Crippen LogP contribution in [0.2, 0.25) is 0 Å². The number of aromatic nitrogens is 1. The van der Waals surface area contributed by atoms with E-state index < -0.39 is 28.9 Å². The van der Waals surface area contributed by atoms with Crippen LogP contribution in [0, 0.1) is 0 Å². The lowest BCUT2D eigenvalue weighted by Gasteiger charge is -2.38. The van der Waals surface area contributed by atoms with E-state index in [0.717, 1.165) is 0 Å². The lowest BCUT2D eigenvalue weighted by atomic mass is 9.74. The summed E-state index contributed by atoms with van der Waals surface area (Å²) in [5.74, 6) is -1.04.